The molecule has 3 aromatic rings. The number of halogens is 1. The fraction of sp³-hybridized carbons (Fsp3) is 0.367. The van der Waals surface area contributed by atoms with Gasteiger partial charge in [0.1, 0.15) is 5.82 Å². The predicted molar refractivity (Wildman–Crippen MR) is 137 cm³/mol. The van der Waals surface area contributed by atoms with Crippen molar-refractivity contribution in [1.29, 1.82) is 0 Å². The van der Waals surface area contributed by atoms with Gasteiger partial charge in [-0.25, -0.2) is 4.39 Å². The van der Waals surface area contributed by atoms with Gasteiger partial charge in [0.25, 0.3) is 0 Å². The number of likely N-dealkylation sites (tertiary alicyclic amines) is 1. The fourth-order valence-corrected chi connectivity index (χ4v) is 5.40. The molecule has 0 aliphatic carbocycles. The third-order valence-electron chi connectivity index (χ3n) is 7.30. The number of nitrogens with zero attached hydrogens (tertiary/aromatic N) is 2. The highest BCUT2D eigenvalue weighted by molar-refractivity contribution is 5.79. The molecule has 0 bridgehead atoms. The monoisotopic (exact) mass is 471 g/mol. The molecule has 35 heavy (non-hydrogen) atoms. The molecule has 1 atom stereocenters. The van der Waals surface area contributed by atoms with Crippen LogP contribution in [0.2, 0.25) is 0 Å². The van der Waals surface area contributed by atoms with E-state index >= 15 is 0 Å². The van der Waals surface area contributed by atoms with Gasteiger partial charge in [0, 0.05) is 44.8 Å². The standard InChI is InChI=1S/C30H34FN3O/c31-29-13-4-3-11-27(29)21-33-15-6-12-28(22-33)30(35)32-18-23-7-5-8-24(17-23)19-34-16-14-25-9-1-2-10-26(25)20-34/h1-5,7-11,13,17,28H,6,12,14-16,18-22H2,(H,32,35). The highest BCUT2D eigenvalue weighted by Crippen LogP contribution is 2.22. The number of fused-ring (bicyclic) bond motifs is 1. The highest BCUT2D eigenvalue weighted by atomic mass is 19.1. The highest BCUT2D eigenvalue weighted by Gasteiger charge is 2.26. The first kappa shape index (κ1) is 23.7. The van der Waals surface area contributed by atoms with Gasteiger partial charge < -0.3 is 5.32 Å². The molecule has 1 saturated heterocycles. The minimum atomic E-state index is -0.173. The summed E-state index contributed by atoms with van der Waals surface area (Å²) in [7, 11) is 0. The second-order valence-electron chi connectivity index (χ2n) is 9.93. The van der Waals surface area contributed by atoms with E-state index in [0.29, 0.717) is 25.2 Å². The van der Waals surface area contributed by atoms with Crippen molar-refractivity contribution >= 4 is 5.91 Å². The zero-order chi connectivity index (χ0) is 24.0. The van der Waals surface area contributed by atoms with Crippen LogP contribution < -0.4 is 5.32 Å². The minimum absolute atomic E-state index is 0.0490. The Balaban J connectivity index is 1.12. The van der Waals surface area contributed by atoms with Crippen LogP contribution in [-0.4, -0.2) is 35.3 Å². The summed E-state index contributed by atoms with van der Waals surface area (Å²) in [4.78, 5) is 17.6. The Morgan fingerprint density at radius 2 is 1.69 bits per heavy atom. The molecule has 2 aliphatic heterocycles. The lowest BCUT2D eigenvalue weighted by Crippen LogP contribution is -2.42. The Hall–Kier alpha value is -3.02. The van der Waals surface area contributed by atoms with Crippen LogP contribution in [0.5, 0.6) is 0 Å². The maximum absolute atomic E-state index is 14.0. The second kappa shape index (κ2) is 11.1. The third kappa shape index (κ3) is 6.16. The Morgan fingerprint density at radius 3 is 2.57 bits per heavy atom. The fourth-order valence-electron chi connectivity index (χ4n) is 5.40. The molecule has 182 valence electrons. The van der Waals surface area contributed by atoms with Gasteiger partial charge in [-0.1, -0.05) is 66.7 Å². The van der Waals surface area contributed by atoms with Gasteiger partial charge in [0.05, 0.1) is 5.92 Å². The summed E-state index contributed by atoms with van der Waals surface area (Å²) in [5.74, 6) is -0.124. The van der Waals surface area contributed by atoms with Crippen LogP contribution >= 0.6 is 0 Å². The molecule has 0 spiro atoms. The van der Waals surface area contributed by atoms with E-state index in [1.807, 2.05) is 12.1 Å². The van der Waals surface area contributed by atoms with Crippen molar-refractivity contribution < 1.29 is 9.18 Å². The lowest BCUT2D eigenvalue weighted by atomic mass is 9.96. The molecule has 2 heterocycles. The molecular formula is C30H34FN3O. The number of piperidine rings is 1. The van der Waals surface area contributed by atoms with Crippen molar-refractivity contribution in [2.45, 2.75) is 45.4 Å². The van der Waals surface area contributed by atoms with Gasteiger partial charge in [-0.15, -0.1) is 0 Å². The van der Waals surface area contributed by atoms with E-state index in [1.54, 1.807) is 6.07 Å². The average molecular weight is 472 g/mol. The van der Waals surface area contributed by atoms with Gasteiger partial charge >= 0.3 is 0 Å². The number of nitrogens with one attached hydrogen (secondary N) is 1. The van der Waals surface area contributed by atoms with Crippen LogP contribution in [0, 0.1) is 11.7 Å². The van der Waals surface area contributed by atoms with Crippen LogP contribution in [0.1, 0.15) is 40.7 Å². The summed E-state index contributed by atoms with van der Waals surface area (Å²) in [5.41, 5.74) is 6.01. The van der Waals surface area contributed by atoms with Gasteiger partial charge in [0.2, 0.25) is 5.91 Å². The molecule has 0 radical (unpaired) electrons. The summed E-state index contributed by atoms with van der Waals surface area (Å²) < 4.78 is 14.0. The van der Waals surface area contributed by atoms with Crippen LogP contribution in [0.3, 0.4) is 0 Å². The summed E-state index contributed by atoms with van der Waals surface area (Å²) in [5, 5.41) is 3.16. The second-order valence-corrected chi connectivity index (χ2v) is 9.93. The van der Waals surface area contributed by atoms with Gasteiger partial charge in [-0.05, 0) is 54.1 Å². The van der Waals surface area contributed by atoms with Crippen molar-refractivity contribution in [3.05, 3.63) is 106 Å². The molecule has 1 unspecified atom stereocenters. The quantitative estimate of drug-likeness (QED) is 0.532. The summed E-state index contributed by atoms with van der Waals surface area (Å²) >= 11 is 0. The van der Waals surface area contributed by atoms with E-state index in [2.05, 4.69) is 63.6 Å². The lowest BCUT2D eigenvalue weighted by molar-refractivity contribution is -0.126. The first-order chi connectivity index (χ1) is 17.1. The molecule has 2 aliphatic rings. The Bertz CT molecular complexity index is 1160. The van der Waals surface area contributed by atoms with E-state index in [0.717, 1.165) is 51.0 Å². The average Bonchev–Trinajstić information content (AvgIpc) is 2.89. The van der Waals surface area contributed by atoms with E-state index < -0.39 is 0 Å². The smallest absolute Gasteiger partial charge is 0.224 e. The Labute approximate surface area is 207 Å². The molecule has 1 amide bonds. The Kier molecular flexibility index (Phi) is 7.55. The predicted octanol–water partition coefficient (Wildman–Crippen LogP) is 4.91. The van der Waals surface area contributed by atoms with Crippen molar-refractivity contribution in [1.82, 2.24) is 15.1 Å². The van der Waals surface area contributed by atoms with Crippen molar-refractivity contribution in [3.8, 4) is 0 Å². The normalized spacial score (nSPS) is 18.7. The number of hydrogen-bond acceptors (Lipinski definition) is 3. The molecule has 1 fully saturated rings. The number of benzene rings is 3. The third-order valence-corrected chi connectivity index (χ3v) is 7.30. The number of rotatable bonds is 7. The minimum Gasteiger partial charge on any atom is -0.352 e. The van der Waals surface area contributed by atoms with E-state index in [4.69, 9.17) is 0 Å². The largest absolute Gasteiger partial charge is 0.352 e. The zero-order valence-corrected chi connectivity index (χ0v) is 20.3. The van der Waals surface area contributed by atoms with Crippen molar-refractivity contribution in [3.63, 3.8) is 0 Å². The molecule has 4 nitrogen and oxygen atoms in total. The SMILES string of the molecule is O=C(NCc1cccc(CN2CCc3ccccc3C2)c1)C1CCCN(Cc2ccccc2F)C1. The van der Waals surface area contributed by atoms with E-state index in [-0.39, 0.29) is 17.6 Å². The van der Waals surface area contributed by atoms with Crippen molar-refractivity contribution in [2.75, 3.05) is 19.6 Å². The molecule has 1 N–H and O–H groups in total. The van der Waals surface area contributed by atoms with Gasteiger partial charge in [0.15, 0.2) is 0 Å². The molecule has 3 aromatic carbocycles. The summed E-state index contributed by atoms with van der Waals surface area (Å²) in [6, 6.07) is 24.2. The Morgan fingerprint density at radius 1 is 0.886 bits per heavy atom. The van der Waals surface area contributed by atoms with Crippen LogP contribution in [-0.2, 0) is 37.4 Å². The zero-order valence-electron chi connectivity index (χ0n) is 20.3. The van der Waals surface area contributed by atoms with Gasteiger partial charge in [-0.3, -0.25) is 14.6 Å². The maximum Gasteiger partial charge on any atom is 0.224 e. The lowest BCUT2D eigenvalue weighted by Gasteiger charge is -2.32. The molecular weight excluding hydrogens is 437 g/mol. The molecule has 0 saturated carbocycles. The number of amides is 1. The molecule has 5 rings (SSSR count). The van der Waals surface area contributed by atoms with Crippen molar-refractivity contribution in [2.24, 2.45) is 5.92 Å². The van der Waals surface area contributed by atoms with E-state index in [9.17, 15) is 9.18 Å². The van der Waals surface area contributed by atoms with Crippen LogP contribution in [0.4, 0.5) is 4.39 Å². The van der Waals surface area contributed by atoms with Crippen LogP contribution in [0.25, 0.3) is 0 Å². The van der Waals surface area contributed by atoms with Gasteiger partial charge in [-0.2, -0.15) is 0 Å². The summed E-state index contributed by atoms with van der Waals surface area (Å²) in [6.07, 6.45) is 2.94. The molecule has 0 aromatic heterocycles. The number of carbonyl (C=O) groups excluding carboxylic acids is 1. The first-order valence-corrected chi connectivity index (χ1v) is 12.7. The van der Waals surface area contributed by atoms with Crippen LogP contribution in [0.15, 0.2) is 72.8 Å². The first-order valence-electron chi connectivity index (χ1n) is 12.7. The number of hydrogen-bond donors (Lipinski definition) is 1. The molecule has 5 heteroatoms. The topological polar surface area (TPSA) is 35.6 Å². The maximum atomic E-state index is 14.0. The number of carbonyl (C=O) groups is 1. The summed E-state index contributed by atoms with van der Waals surface area (Å²) in [6.45, 7) is 5.66. The van der Waals surface area contributed by atoms with E-state index in [1.165, 1.54) is 22.8 Å².